The molecule has 152 valence electrons. The quantitative estimate of drug-likeness (QED) is 0.819. The molecule has 1 amide bonds. The molecule has 1 saturated carbocycles. The van der Waals surface area contributed by atoms with E-state index in [1.807, 2.05) is 4.68 Å². The van der Waals surface area contributed by atoms with Gasteiger partial charge in [-0.15, -0.1) is 0 Å². The number of fused-ring (bicyclic) bond motifs is 1. The largest absolute Gasteiger partial charge is 0.310 e. The van der Waals surface area contributed by atoms with Gasteiger partial charge in [0, 0.05) is 44.7 Å². The van der Waals surface area contributed by atoms with Crippen molar-refractivity contribution in [2.45, 2.75) is 52.1 Å². The number of rotatable bonds is 6. The molecule has 1 saturated heterocycles. The minimum absolute atomic E-state index is 0.0771. The minimum atomic E-state index is 0.0771. The summed E-state index contributed by atoms with van der Waals surface area (Å²) in [6.45, 7) is 10.7. The van der Waals surface area contributed by atoms with Crippen molar-refractivity contribution < 1.29 is 4.79 Å². The van der Waals surface area contributed by atoms with E-state index in [0.717, 1.165) is 76.0 Å². The van der Waals surface area contributed by atoms with Crippen molar-refractivity contribution in [3.05, 3.63) is 12.5 Å². The maximum Gasteiger partial charge on any atom is 0.228 e. The van der Waals surface area contributed by atoms with Crippen molar-refractivity contribution in [3.8, 4) is 0 Å². The number of carbonyl (C=O) groups is 1. The van der Waals surface area contributed by atoms with Crippen molar-refractivity contribution in [1.29, 1.82) is 0 Å². The van der Waals surface area contributed by atoms with E-state index in [1.165, 1.54) is 6.33 Å². The second-order valence-corrected chi connectivity index (χ2v) is 8.27. The number of carbonyl (C=O) groups excluding carboxylic acids is 1. The number of amides is 1. The molecule has 8 heteroatoms. The minimum Gasteiger partial charge on any atom is -0.310 e. The second kappa shape index (κ2) is 8.53. The van der Waals surface area contributed by atoms with E-state index in [1.54, 1.807) is 6.20 Å². The van der Waals surface area contributed by atoms with E-state index in [-0.39, 0.29) is 11.8 Å². The third-order valence-corrected chi connectivity index (χ3v) is 6.17. The van der Waals surface area contributed by atoms with Gasteiger partial charge >= 0.3 is 0 Å². The number of aromatic nitrogens is 4. The molecule has 0 radical (unpaired) electrons. The molecule has 2 aliphatic rings. The molecule has 0 bridgehead atoms. The first-order valence-corrected chi connectivity index (χ1v) is 10.6. The summed E-state index contributed by atoms with van der Waals surface area (Å²) >= 11 is 0. The molecular weight excluding hydrogens is 354 g/mol. The number of nitrogens with one attached hydrogen (secondary N) is 1. The monoisotopic (exact) mass is 385 g/mol. The van der Waals surface area contributed by atoms with Crippen LogP contribution in [0.15, 0.2) is 12.5 Å². The summed E-state index contributed by atoms with van der Waals surface area (Å²) < 4.78 is 1.93. The summed E-state index contributed by atoms with van der Waals surface area (Å²) in [6, 6.07) is 0.617. The van der Waals surface area contributed by atoms with Crippen LogP contribution in [-0.4, -0.2) is 74.2 Å². The molecule has 1 aliphatic heterocycles. The lowest BCUT2D eigenvalue weighted by atomic mass is 10.1. The SMILES string of the molecule is CC(C)N1CCN(CCn2ncc3c(NC(=O)C4CCCC4)ncnc32)CC1. The molecule has 0 atom stereocenters. The summed E-state index contributed by atoms with van der Waals surface area (Å²) in [7, 11) is 0. The fourth-order valence-corrected chi connectivity index (χ4v) is 4.30. The molecule has 2 fully saturated rings. The number of nitrogens with zero attached hydrogens (tertiary/aromatic N) is 6. The van der Waals surface area contributed by atoms with Crippen LogP contribution < -0.4 is 5.32 Å². The van der Waals surface area contributed by atoms with Crippen LogP contribution in [0.3, 0.4) is 0 Å². The molecule has 3 heterocycles. The molecular formula is C20H31N7O. The summed E-state index contributed by atoms with van der Waals surface area (Å²) in [6.07, 6.45) is 7.52. The van der Waals surface area contributed by atoms with Crippen LogP contribution in [-0.2, 0) is 11.3 Å². The lowest BCUT2D eigenvalue weighted by molar-refractivity contribution is -0.119. The highest BCUT2D eigenvalue weighted by Crippen LogP contribution is 2.27. The fraction of sp³-hybridized carbons (Fsp3) is 0.700. The van der Waals surface area contributed by atoms with Crippen molar-refractivity contribution in [2.75, 3.05) is 38.0 Å². The Kier molecular flexibility index (Phi) is 5.87. The van der Waals surface area contributed by atoms with E-state index in [9.17, 15) is 4.79 Å². The first-order chi connectivity index (χ1) is 13.6. The van der Waals surface area contributed by atoms with Crippen LogP contribution in [0.2, 0.25) is 0 Å². The van der Waals surface area contributed by atoms with Crippen LogP contribution in [0, 0.1) is 5.92 Å². The second-order valence-electron chi connectivity index (χ2n) is 8.27. The molecule has 2 aromatic rings. The summed E-state index contributed by atoms with van der Waals surface area (Å²) in [5.41, 5.74) is 0.789. The van der Waals surface area contributed by atoms with Gasteiger partial charge in [0.25, 0.3) is 0 Å². The first kappa shape index (κ1) is 19.3. The van der Waals surface area contributed by atoms with Gasteiger partial charge < -0.3 is 5.32 Å². The Hall–Kier alpha value is -2.06. The van der Waals surface area contributed by atoms with E-state index in [4.69, 9.17) is 0 Å². The van der Waals surface area contributed by atoms with Crippen molar-refractivity contribution in [1.82, 2.24) is 29.5 Å². The lowest BCUT2D eigenvalue weighted by Gasteiger charge is -2.36. The highest BCUT2D eigenvalue weighted by molar-refractivity contribution is 5.99. The molecule has 1 aliphatic carbocycles. The molecule has 0 spiro atoms. The Bertz CT molecular complexity index is 804. The van der Waals surface area contributed by atoms with Gasteiger partial charge in [0.1, 0.15) is 12.1 Å². The molecule has 0 unspecified atom stereocenters. The topological polar surface area (TPSA) is 79.2 Å². The maximum absolute atomic E-state index is 12.5. The zero-order chi connectivity index (χ0) is 19.5. The molecule has 0 aromatic carbocycles. The maximum atomic E-state index is 12.5. The van der Waals surface area contributed by atoms with Gasteiger partial charge in [0.2, 0.25) is 5.91 Å². The Morgan fingerprint density at radius 2 is 1.89 bits per heavy atom. The summed E-state index contributed by atoms with van der Waals surface area (Å²) in [5, 5.41) is 8.33. The first-order valence-electron chi connectivity index (χ1n) is 10.6. The number of hydrogen-bond donors (Lipinski definition) is 1. The number of anilines is 1. The van der Waals surface area contributed by atoms with E-state index in [2.05, 4.69) is 44.0 Å². The van der Waals surface area contributed by atoms with E-state index >= 15 is 0 Å². The molecule has 8 nitrogen and oxygen atoms in total. The molecule has 4 rings (SSSR count). The predicted molar refractivity (Wildman–Crippen MR) is 109 cm³/mol. The average molecular weight is 386 g/mol. The van der Waals surface area contributed by atoms with Crippen LogP contribution in [0.5, 0.6) is 0 Å². The molecule has 1 N–H and O–H groups in total. The van der Waals surface area contributed by atoms with Crippen LogP contribution in [0.4, 0.5) is 5.82 Å². The third kappa shape index (κ3) is 4.17. The highest BCUT2D eigenvalue weighted by atomic mass is 16.1. The Morgan fingerprint density at radius 3 is 2.61 bits per heavy atom. The van der Waals surface area contributed by atoms with Gasteiger partial charge in [0.05, 0.1) is 18.1 Å². The van der Waals surface area contributed by atoms with Crippen molar-refractivity contribution in [3.63, 3.8) is 0 Å². The Balaban J connectivity index is 1.38. The summed E-state index contributed by atoms with van der Waals surface area (Å²) in [4.78, 5) is 26.2. The number of piperazine rings is 1. The number of hydrogen-bond acceptors (Lipinski definition) is 6. The smallest absolute Gasteiger partial charge is 0.228 e. The van der Waals surface area contributed by atoms with Gasteiger partial charge in [-0.25, -0.2) is 14.6 Å². The molecule has 28 heavy (non-hydrogen) atoms. The Morgan fingerprint density at radius 1 is 1.14 bits per heavy atom. The highest BCUT2D eigenvalue weighted by Gasteiger charge is 2.24. The van der Waals surface area contributed by atoms with Gasteiger partial charge in [-0.2, -0.15) is 5.10 Å². The standard InChI is InChI=1S/C20H31N7O/c1-15(2)26-10-7-25(8-11-26)9-12-27-19-17(13-23-27)18(21-14-22-19)24-20(28)16-5-3-4-6-16/h13-16H,3-12H2,1-2H3,(H,21,22,24,28). The van der Waals surface area contributed by atoms with Crippen molar-refractivity contribution in [2.24, 2.45) is 5.92 Å². The Labute approximate surface area is 166 Å². The van der Waals surface area contributed by atoms with E-state index < -0.39 is 0 Å². The van der Waals surface area contributed by atoms with E-state index in [0.29, 0.717) is 11.9 Å². The van der Waals surface area contributed by atoms with Crippen LogP contribution in [0.25, 0.3) is 11.0 Å². The fourth-order valence-electron chi connectivity index (χ4n) is 4.30. The van der Waals surface area contributed by atoms with Crippen molar-refractivity contribution >= 4 is 22.8 Å². The zero-order valence-corrected chi connectivity index (χ0v) is 17.0. The zero-order valence-electron chi connectivity index (χ0n) is 17.0. The normalized spacial score (nSPS) is 19.7. The van der Waals surface area contributed by atoms with Gasteiger partial charge in [-0.1, -0.05) is 12.8 Å². The van der Waals surface area contributed by atoms with Gasteiger partial charge in [0.15, 0.2) is 5.65 Å². The van der Waals surface area contributed by atoms with Crippen LogP contribution in [0.1, 0.15) is 39.5 Å². The lowest BCUT2D eigenvalue weighted by Crippen LogP contribution is -2.49. The third-order valence-electron chi connectivity index (χ3n) is 6.17. The summed E-state index contributed by atoms with van der Waals surface area (Å²) in [5.74, 6) is 0.775. The average Bonchev–Trinajstić information content (AvgIpc) is 3.37. The van der Waals surface area contributed by atoms with Gasteiger partial charge in [-0.05, 0) is 26.7 Å². The molecule has 2 aromatic heterocycles. The van der Waals surface area contributed by atoms with Crippen LogP contribution >= 0.6 is 0 Å². The van der Waals surface area contributed by atoms with Gasteiger partial charge in [-0.3, -0.25) is 14.6 Å². The predicted octanol–water partition coefficient (Wildman–Crippen LogP) is 1.98.